The third kappa shape index (κ3) is 12.0. The molecule has 1 atom stereocenters. The molecule has 0 rings (SSSR count). The van der Waals surface area contributed by atoms with Crippen LogP contribution >= 0.6 is 0 Å². The smallest absolute Gasteiger partial charge is 0.306 e. The van der Waals surface area contributed by atoms with Crippen LogP contribution in [0.1, 0.15) is 67.2 Å². The van der Waals surface area contributed by atoms with Crippen molar-refractivity contribution >= 4 is 11.9 Å². The molecule has 0 saturated carbocycles. The van der Waals surface area contributed by atoms with Crippen LogP contribution in [0.3, 0.4) is 0 Å². The molecule has 20 heavy (non-hydrogen) atoms. The highest BCUT2D eigenvalue weighted by Gasteiger charge is 2.18. The lowest BCUT2D eigenvalue weighted by molar-refractivity contribution is -0.150. The number of hydrogen-bond acceptors (Lipinski definition) is 4. The predicted molar refractivity (Wildman–Crippen MR) is 79.3 cm³/mol. The quantitative estimate of drug-likeness (QED) is 0.638. The molecule has 0 spiro atoms. The standard InChI is InChI=1S/C16H30O4/c1-12(2)11-19-14(17)8-7-9-15(18)20-13(3)10-16(4,5)6/h12-13H,7-11H2,1-6H3. The van der Waals surface area contributed by atoms with E-state index >= 15 is 0 Å². The first kappa shape index (κ1) is 18.9. The third-order valence-corrected chi connectivity index (χ3v) is 2.57. The van der Waals surface area contributed by atoms with E-state index in [1.54, 1.807) is 0 Å². The molecule has 0 N–H and O–H groups in total. The van der Waals surface area contributed by atoms with Gasteiger partial charge >= 0.3 is 11.9 Å². The summed E-state index contributed by atoms with van der Waals surface area (Å²) in [6.45, 7) is 12.7. The average molecular weight is 286 g/mol. The summed E-state index contributed by atoms with van der Waals surface area (Å²) in [7, 11) is 0. The molecular weight excluding hydrogens is 256 g/mol. The second-order valence-electron chi connectivity index (χ2n) is 7.00. The summed E-state index contributed by atoms with van der Waals surface area (Å²) in [5, 5.41) is 0. The van der Waals surface area contributed by atoms with Crippen LogP contribution in [0.25, 0.3) is 0 Å². The maximum atomic E-state index is 11.6. The lowest BCUT2D eigenvalue weighted by Crippen LogP contribution is -2.21. The van der Waals surface area contributed by atoms with Gasteiger partial charge in [-0.2, -0.15) is 0 Å². The Hall–Kier alpha value is -1.06. The summed E-state index contributed by atoms with van der Waals surface area (Å²) in [4.78, 5) is 23.0. The van der Waals surface area contributed by atoms with E-state index < -0.39 is 0 Å². The molecule has 118 valence electrons. The molecule has 0 aliphatic rings. The van der Waals surface area contributed by atoms with E-state index in [0.29, 0.717) is 18.9 Å². The predicted octanol–water partition coefficient (Wildman–Crippen LogP) is 3.72. The van der Waals surface area contributed by atoms with Crippen molar-refractivity contribution in [3.05, 3.63) is 0 Å². The Kier molecular flexibility index (Phi) is 8.51. The number of hydrogen-bond donors (Lipinski definition) is 0. The number of esters is 2. The maximum Gasteiger partial charge on any atom is 0.306 e. The van der Waals surface area contributed by atoms with Gasteiger partial charge in [-0.05, 0) is 31.1 Å². The summed E-state index contributed by atoms with van der Waals surface area (Å²) < 4.78 is 10.4. The number of rotatable bonds is 8. The van der Waals surface area contributed by atoms with Gasteiger partial charge in [0.15, 0.2) is 0 Å². The van der Waals surface area contributed by atoms with Crippen LogP contribution in [0.15, 0.2) is 0 Å². The van der Waals surface area contributed by atoms with Crippen LogP contribution in [0.4, 0.5) is 0 Å². The monoisotopic (exact) mass is 286 g/mol. The van der Waals surface area contributed by atoms with Crippen molar-refractivity contribution in [1.29, 1.82) is 0 Å². The maximum absolute atomic E-state index is 11.6. The molecule has 0 radical (unpaired) electrons. The molecule has 0 aromatic rings. The van der Waals surface area contributed by atoms with Crippen LogP contribution in [0, 0.1) is 11.3 Å². The molecule has 0 heterocycles. The first-order valence-corrected chi connectivity index (χ1v) is 7.45. The minimum atomic E-state index is -0.241. The Labute approximate surface area is 123 Å². The first-order chi connectivity index (χ1) is 9.10. The van der Waals surface area contributed by atoms with Crippen LogP contribution in [0.5, 0.6) is 0 Å². The van der Waals surface area contributed by atoms with Crippen molar-refractivity contribution < 1.29 is 19.1 Å². The summed E-state index contributed by atoms with van der Waals surface area (Å²) in [5.41, 5.74) is 0.139. The zero-order chi connectivity index (χ0) is 15.8. The molecule has 0 fully saturated rings. The van der Waals surface area contributed by atoms with Gasteiger partial charge in [-0.3, -0.25) is 9.59 Å². The van der Waals surface area contributed by atoms with Gasteiger partial charge in [0.1, 0.15) is 0 Å². The van der Waals surface area contributed by atoms with E-state index in [1.807, 2.05) is 20.8 Å². The highest BCUT2D eigenvalue weighted by molar-refractivity contribution is 5.72. The second-order valence-corrected chi connectivity index (χ2v) is 7.00. The minimum Gasteiger partial charge on any atom is -0.465 e. The summed E-state index contributed by atoms with van der Waals surface area (Å²) in [6, 6.07) is 0. The Morgan fingerprint density at radius 1 is 1.00 bits per heavy atom. The van der Waals surface area contributed by atoms with Crippen molar-refractivity contribution in [2.24, 2.45) is 11.3 Å². The Balaban J connectivity index is 3.75. The van der Waals surface area contributed by atoms with Gasteiger partial charge in [0.05, 0.1) is 12.7 Å². The molecule has 1 unspecified atom stereocenters. The fourth-order valence-corrected chi connectivity index (χ4v) is 1.90. The number of ether oxygens (including phenoxy) is 2. The fraction of sp³-hybridized carbons (Fsp3) is 0.875. The molecule has 4 nitrogen and oxygen atoms in total. The first-order valence-electron chi connectivity index (χ1n) is 7.45. The summed E-state index contributed by atoms with van der Waals surface area (Å²) in [5.74, 6) is -0.144. The van der Waals surface area contributed by atoms with Gasteiger partial charge in [-0.25, -0.2) is 0 Å². The molecule has 4 heteroatoms. The number of carbonyl (C=O) groups excluding carboxylic acids is 2. The van der Waals surface area contributed by atoms with E-state index in [1.165, 1.54) is 0 Å². The largest absolute Gasteiger partial charge is 0.465 e. The van der Waals surface area contributed by atoms with Crippen molar-refractivity contribution in [3.8, 4) is 0 Å². The molecule has 0 amide bonds. The van der Waals surface area contributed by atoms with E-state index in [9.17, 15) is 9.59 Å². The van der Waals surface area contributed by atoms with Crippen LogP contribution < -0.4 is 0 Å². The SMILES string of the molecule is CC(C)COC(=O)CCCC(=O)OC(C)CC(C)(C)C. The average Bonchev–Trinajstić information content (AvgIpc) is 2.23. The van der Waals surface area contributed by atoms with Gasteiger partial charge in [-0.15, -0.1) is 0 Å². The van der Waals surface area contributed by atoms with Gasteiger partial charge in [0.25, 0.3) is 0 Å². The molecule has 0 aliphatic carbocycles. The van der Waals surface area contributed by atoms with Crippen LogP contribution in [0.2, 0.25) is 0 Å². The summed E-state index contributed by atoms with van der Waals surface area (Å²) in [6.07, 6.45) is 1.77. The van der Waals surface area contributed by atoms with Crippen LogP contribution in [-0.2, 0) is 19.1 Å². The minimum absolute atomic E-state index is 0.0876. The van der Waals surface area contributed by atoms with E-state index in [4.69, 9.17) is 9.47 Å². The molecule has 0 bridgehead atoms. The van der Waals surface area contributed by atoms with Crippen molar-refractivity contribution in [2.75, 3.05) is 6.61 Å². The molecular formula is C16H30O4. The van der Waals surface area contributed by atoms with E-state index in [2.05, 4.69) is 20.8 Å². The highest BCUT2D eigenvalue weighted by atomic mass is 16.5. The van der Waals surface area contributed by atoms with Gasteiger partial charge < -0.3 is 9.47 Å². The van der Waals surface area contributed by atoms with Gasteiger partial charge in [0, 0.05) is 12.8 Å². The topological polar surface area (TPSA) is 52.6 Å². The molecule has 0 aliphatic heterocycles. The number of carbonyl (C=O) groups is 2. The van der Waals surface area contributed by atoms with E-state index in [0.717, 1.165) is 6.42 Å². The van der Waals surface area contributed by atoms with Gasteiger partial charge in [-0.1, -0.05) is 34.6 Å². The summed E-state index contributed by atoms with van der Waals surface area (Å²) >= 11 is 0. The Morgan fingerprint density at radius 2 is 1.55 bits per heavy atom. The second kappa shape index (κ2) is 8.98. The molecule has 0 aromatic carbocycles. The molecule has 0 saturated heterocycles. The lowest BCUT2D eigenvalue weighted by atomic mass is 9.90. The third-order valence-electron chi connectivity index (χ3n) is 2.57. The highest BCUT2D eigenvalue weighted by Crippen LogP contribution is 2.22. The van der Waals surface area contributed by atoms with Crippen molar-refractivity contribution in [2.45, 2.75) is 73.3 Å². The van der Waals surface area contributed by atoms with Crippen molar-refractivity contribution in [3.63, 3.8) is 0 Å². The lowest BCUT2D eigenvalue weighted by Gasteiger charge is -2.23. The normalized spacial score (nSPS) is 13.2. The van der Waals surface area contributed by atoms with Crippen molar-refractivity contribution in [1.82, 2.24) is 0 Å². The fourth-order valence-electron chi connectivity index (χ4n) is 1.90. The Bertz CT molecular complexity index is 302. The van der Waals surface area contributed by atoms with Crippen LogP contribution in [-0.4, -0.2) is 24.6 Å². The molecule has 0 aromatic heterocycles. The van der Waals surface area contributed by atoms with Gasteiger partial charge in [0.2, 0.25) is 0 Å². The Morgan fingerprint density at radius 3 is 2.05 bits per heavy atom. The van der Waals surface area contributed by atoms with E-state index in [-0.39, 0.29) is 36.3 Å². The zero-order valence-electron chi connectivity index (χ0n) is 13.8. The zero-order valence-corrected chi connectivity index (χ0v) is 13.8.